The van der Waals surface area contributed by atoms with Gasteiger partial charge in [-0.3, -0.25) is 9.59 Å². The summed E-state index contributed by atoms with van der Waals surface area (Å²) < 4.78 is 72.9. The van der Waals surface area contributed by atoms with Gasteiger partial charge in [-0.15, -0.1) is 0 Å². The van der Waals surface area contributed by atoms with E-state index in [-0.39, 0.29) is 18.5 Å². The fourth-order valence-electron chi connectivity index (χ4n) is 6.12. The van der Waals surface area contributed by atoms with Crippen LogP contribution in [0.15, 0.2) is 12.1 Å². The summed E-state index contributed by atoms with van der Waals surface area (Å²) in [4.78, 5) is 25.3. The quantitative estimate of drug-likeness (QED) is 0.0268. The molecule has 0 amide bonds. The Balaban J connectivity index is 0.00000321. The molecule has 0 aliphatic rings. The molecule has 0 bridgehead atoms. The van der Waals surface area contributed by atoms with Crippen LogP contribution in [0.2, 0.25) is 0 Å². The van der Waals surface area contributed by atoms with Gasteiger partial charge in [0.1, 0.15) is 6.61 Å². The standard InChI is InChI=1S/C39H70NO4.F6P/c1-6-8-10-12-14-16-18-20-22-24-26-28-38(41)43-33-37(32-40-35(4)30-34(3)31-36(40)5)44-39(42)29-27-25-23-21-19-17-15-13-11-9-7-2;1-7(2,3,4,5)6/h30-31,37H,6-29,32-33H2,1-5H3;/q+1;-1. The third-order valence-corrected chi connectivity index (χ3v) is 8.81. The van der Waals surface area contributed by atoms with E-state index in [1.165, 1.54) is 121 Å². The second-order valence-electron chi connectivity index (χ2n) is 14.3. The number of hydrogen-bond donors (Lipinski definition) is 0. The van der Waals surface area contributed by atoms with E-state index in [0.29, 0.717) is 19.4 Å². The van der Waals surface area contributed by atoms with Gasteiger partial charge in [0.05, 0.1) is 0 Å². The van der Waals surface area contributed by atoms with Crippen molar-refractivity contribution >= 4 is 19.7 Å². The summed E-state index contributed by atoms with van der Waals surface area (Å²) in [6, 6.07) is 4.27. The van der Waals surface area contributed by atoms with Crippen molar-refractivity contribution in [3.63, 3.8) is 0 Å². The zero-order chi connectivity index (χ0) is 38.7. The fraction of sp³-hybridized carbons (Fsp3) is 0.821. The summed E-state index contributed by atoms with van der Waals surface area (Å²) >= 11 is 0. The number of halogens is 6. The molecule has 302 valence electrons. The van der Waals surface area contributed by atoms with Crippen LogP contribution in [0.25, 0.3) is 0 Å². The summed E-state index contributed by atoms with van der Waals surface area (Å²) in [7, 11) is -10.7. The minimum atomic E-state index is -10.7. The average molecular weight is 762 g/mol. The van der Waals surface area contributed by atoms with Crippen molar-refractivity contribution in [3.8, 4) is 0 Å². The third-order valence-electron chi connectivity index (χ3n) is 8.81. The molecule has 0 aliphatic carbocycles. The predicted octanol–water partition coefficient (Wildman–Crippen LogP) is 14.1. The van der Waals surface area contributed by atoms with Crippen LogP contribution in [0.1, 0.15) is 185 Å². The zero-order valence-corrected chi connectivity index (χ0v) is 33.3. The van der Waals surface area contributed by atoms with Gasteiger partial charge >= 0.3 is 44.9 Å². The molecule has 0 aromatic carbocycles. The van der Waals surface area contributed by atoms with Gasteiger partial charge in [-0.05, 0) is 25.3 Å². The topological polar surface area (TPSA) is 56.5 Å². The first-order valence-corrected chi connectivity index (χ1v) is 21.7. The Morgan fingerprint density at radius 1 is 0.569 bits per heavy atom. The van der Waals surface area contributed by atoms with Crippen LogP contribution < -0.4 is 4.57 Å². The van der Waals surface area contributed by atoms with Gasteiger partial charge in [-0.25, -0.2) is 0 Å². The number of pyridine rings is 1. The van der Waals surface area contributed by atoms with Gasteiger partial charge in [-0.2, -0.15) is 4.57 Å². The van der Waals surface area contributed by atoms with Crippen molar-refractivity contribution < 1.29 is 48.8 Å². The number of aromatic nitrogens is 1. The summed E-state index contributed by atoms with van der Waals surface area (Å²) in [6.45, 7) is 11.4. The molecule has 1 aromatic rings. The van der Waals surface area contributed by atoms with Crippen molar-refractivity contribution in [1.82, 2.24) is 0 Å². The Kier molecular flexibility index (Phi) is 25.0. The Morgan fingerprint density at radius 2 is 0.882 bits per heavy atom. The summed E-state index contributed by atoms with van der Waals surface area (Å²) in [5.74, 6) is -0.370. The monoisotopic (exact) mass is 761 g/mol. The van der Waals surface area contributed by atoms with E-state index in [1.54, 1.807) is 0 Å². The van der Waals surface area contributed by atoms with Crippen molar-refractivity contribution in [2.24, 2.45) is 0 Å². The fourth-order valence-corrected chi connectivity index (χ4v) is 6.12. The van der Waals surface area contributed by atoms with Crippen LogP contribution in [0, 0.1) is 20.8 Å². The Hall–Kier alpha value is -1.90. The van der Waals surface area contributed by atoms with E-state index in [9.17, 15) is 34.8 Å². The third kappa shape index (κ3) is 36.3. The van der Waals surface area contributed by atoms with E-state index in [0.717, 1.165) is 37.1 Å². The first kappa shape index (κ1) is 49.1. The molecule has 1 atom stereocenters. The van der Waals surface area contributed by atoms with Crippen LogP contribution in [0.3, 0.4) is 0 Å². The number of rotatable bonds is 29. The Morgan fingerprint density at radius 3 is 1.24 bits per heavy atom. The normalized spacial score (nSPS) is 13.5. The average Bonchev–Trinajstić information content (AvgIpc) is 3.01. The number of carbonyl (C=O) groups excluding carboxylic acids is 2. The van der Waals surface area contributed by atoms with Crippen LogP contribution in [-0.4, -0.2) is 24.6 Å². The molecule has 1 unspecified atom stereocenters. The van der Waals surface area contributed by atoms with Crippen LogP contribution in [0.4, 0.5) is 25.2 Å². The molecule has 0 aliphatic heterocycles. The van der Waals surface area contributed by atoms with Crippen LogP contribution >= 0.6 is 7.81 Å². The van der Waals surface area contributed by atoms with Crippen molar-refractivity contribution in [2.75, 3.05) is 6.61 Å². The molecule has 1 aromatic heterocycles. The molecule has 1 heterocycles. The molecule has 0 N–H and O–H groups in total. The number of aryl methyl sites for hydroxylation is 3. The molecule has 5 nitrogen and oxygen atoms in total. The molecule has 0 fully saturated rings. The number of esters is 2. The molecule has 12 heteroatoms. The Bertz CT molecular complexity index is 1050. The minimum absolute atomic E-state index is 0.112. The summed E-state index contributed by atoms with van der Waals surface area (Å²) in [5, 5.41) is 0. The van der Waals surface area contributed by atoms with Gasteiger partial charge in [0, 0.05) is 38.8 Å². The molecule has 0 saturated carbocycles. The molecule has 0 radical (unpaired) electrons. The second kappa shape index (κ2) is 26.0. The van der Waals surface area contributed by atoms with E-state index >= 15 is 0 Å². The van der Waals surface area contributed by atoms with Crippen molar-refractivity contribution in [2.45, 2.75) is 201 Å². The Labute approximate surface area is 305 Å². The SMILES string of the molecule is CCCCCCCCCCCCCC(=O)OCC(C[n+]1c(C)cc(C)cc1C)OC(=O)CCCCCCCCCCCCC.F[P-](F)(F)(F)(F)F. The molecule has 1 rings (SSSR count). The van der Waals surface area contributed by atoms with Gasteiger partial charge in [0.2, 0.25) is 0 Å². The van der Waals surface area contributed by atoms with Crippen LogP contribution in [0.5, 0.6) is 0 Å². The molecular weight excluding hydrogens is 691 g/mol. The van der Waals surface area contributed by atoms with E-state index in [2.05, 4.69) is 51.3 Å². The summed E-state index contributed by atoms with van der Waals surface area (Å²) in [5.41, 5.74) is 3.43. The maximum atomic E-state index is 12.8. The van der Waals surface area contributed by atoms with Gasteiger partial charge < -0.3 is 9.47 Å². The van der Waals surface area contributed by atoms with Gasteiger partial charge in [0.25, 0.3) is 0 Å². The number of nitrogens with zero attached hydrogens (tertiary/aromatic N) is 1. The van der Waals surface area contributed by atoms with Crippen LogP contribution in [-0.2, 0) is 25.6 Å². The molecule has 0 spiro atoms. The first-order valence-electron chi connectivity index (χ1n) is 19.7. The zero-order valence-electron chi connectivity index (χ0n) is 32.4. The van der Waals surface area contributed by atoms with Crippen molar-refractivity contribution in [3.05, 3.63) is 29.1 Å². The molecular formula is C39H70F6NO4P. The van der Waals surface area contributed by atoms with E-state index in [4.69, 9.17) is 9.47 Å². The van der Waals surface area contributed by atoms with E-state index < -0.39 is 13.9 Å². The molecule has 51 heavy (non-hydrogen) atoms. The predicted molar refractivity (Wildman–Crippen MR) is 197 cm³/mol. The van der Waals surface area contributed by atoms with E-state index in [1.807, 2.05) is 0 Å². The number of carbonyl (C=O) groups is 2. The van der Waals surface area contributed by atoms with Gasteiger partial charge in [0.15, 0.2) is 24.0 Å². The second-order valence-corrected chi connectivity index (χ2v) is 16.2. The number of hydrogen-bond acceptors (Lipinski definition) is 4. The first-order chi connectivity index (χ1) is 23.8. The van der Waals surface area contributed by atoms with Crippen molar-refractivity contribution in [1.29, 1.82) is 0 Å². The molecule has 0 saturated heterocycles. The number of ether oxygens (including phenoxy) is 2. The summed E-state index contributed by atoms with van der Waals surface area (Å²) in [6.07, 6.45) is 27.9. The van der Waals surface area contributed by atoms with Gasteiger partial charge in [-0.1, -0.05) is 142 Å². The number of unbranched alkanes of at least 4 members (excludes halogenated alkanes) is 20. The maximum absolute atomic E-state index is 12.8.